The van der Waals surface area contributed by atoms with E-state index in [-0.39, 0.29) is 0 Å². The summed E-state index contributed by atoms with van der Waals surface area (Å²) in [6.07, 6.45) is 1.14. The summed E-state index contributed by atoms with van der Waals surface area (Å²) in [5.41, 5.74) is 1.37. The average Bonchev–Trinajstić information content (AvgIpc) is 2.62. The molecule has 0 aliphatic rings. The van der Waals surface area contributed by atoms with E-state index in [2.05, 4.69) is 10.3 Å². The van der Waals surface area contributed by atoms with E-state index in [9.17, 15) is 4.79 Å². The zero-order chi connectivity index (χ0) is 16.4. The van der Waals surface area contributed by atoms with E-state index in [4.69, 9.17) is 4.74 Å². The fourth-order valence-corrected chi connectivity index (χ4v) is 2.73. The summed E-state index contributed by atoms with van der Waals surface area (Å²) < 4.78 is 5.47. The van der Waals surface area contributed by atoms with Crippen LogP contribution in [0.15, 0.2) is 79.0 Å². The molecule has 0 atom stereocenters. The molecule has 4 aromatic rings. The van der Waals surface area contributed by atoms with Gasteiger partial charge in [-0.15, -0.1) is 0 Å². The molecule has 24 heavy (non-hydrogen) atoms. The molecule has 4 heteroatoms. The van der Waals surface area contributed by atoms with Gasteiger partial charge >= 0.3 is 6.09 Å². The van der Waals surface area contributed by atoms with Gasteiger partial charge in [0, 0.05) is 17.0 Å². The summed E-state index contributed by atoms with van der Waals surface area (Å²) in [4.78, 5) is 16.6. The van der Waals surface area contributed by atoms with Crippen LogP contribution >= 0.6 is 0 Å². The van der Waals surface area contributed by atoms with Gasteiger partial charge in [-0.05, 0) is 23.6 Å². The second-order valence-corrected chi connectivity index (χ2v) is 5.37. The standard InChI is InChI=1S/C20H14N2O2/c23-20(22-17-11-3-7-14-6-1-2-10-16(14)17)24-18-12-4-8-15-9-5-13-21-19(15)18/h1-13H,(H,22,23). The van der Waals surface area contributed by atoms with Crippen LogP contribution in [0.25, 0.3) is 21.7 Å². The van der Waals surface area contributed by atoms with Gasteiger partial charge in [-0.2, -0.15) is 0 Å². The molecule has 0 unspecified atom stereocenters. The minimum Gasteiger partial charge on any atom is -0.408 e. The zero-order valence-corrected chi connectivity index (χ0v) is 12.8. The van der Waals surface area contributed by atoms with Crippen LogP contribution in [0.5, 0.6) is 5.75 Å². The number of hydrogen-bond donors (Lipinski definition) is 1. The van der Waals surface area contributed by atoms with Crippen molar-refractivity contribution in [2.45, 2.75) is 0 Å². The first-order chi connectivity index (χ1) is 11.8. The summed E-state index contributed by atoms with van der Waals surface area (Å²) in [5.74, 6) is 0.436. The summed E-state index contributed by atoms with van der Waals surface area (Å²) in [5, 5.41) is 5.76. The number of carbonyl (C=O) groups excluding carboxylic acids is 1. The quantitative estimate of drug-likeness (QED) is 0.566. The van der Waals surface area contributed by atoms with Crippen LogP contribution in [0.2, 0.25) is 0 Å². The summed E-state index contributed by atoms with van der Waals surface area (Å²) >= 11 is 0. The number of benzene rings is 3. The van der Waals surface area contributed by atoms with Crippen LogP contribution in [-0.2, 0) is 0 Å². The van der Waals surface area contributed by atoms with Gasteiger partial charge in [0.2, 0.25) is 0 Å². The molecule has 1 aromatic heterocycles. The monoisotopic (exact) mass is 314 g/mol. The van der Waals surface area contributed by atoms with Crippen LogP contribution in [-0.4, -0.2) is 11.1 Å². The predicted molar refractivity (Wildman–Crippen MR) is 95.3 cm³/mol. The minimum atomic E-state index is -0.537. The third-order valence-electron chi connectivity index (χ3n) is 3.82. The van der Waals surface area contributed by atoms with Gasteiger partial charge in [0.05, 0.1) is 5.69 Å². The number of nitrogens with one attached hydrogen (secondary N) is 1. The number of ether oxygens (including phenoxy) is 1. The molecular weight excluding hydrogens is 300 g/mol. The average molecular weight is 314 g/mol. The van der Waals surface area contributed by atoms with Gasteiger partial charge in [0.25, 0.3) is 0 Å². The Morgan fingerprint density at radius 2 is 1.58 bits per heavy atom. The molecule has 1 amide bonds. The lowest BCUT2D eigenvalue weighted by molar-refractivity contribution is 0.215. The van der Waals surface area contributed by atoms with E-state index in [0.717, 1.165) is 16.2 Å². The van der Waals surface area contributed by atoms with Crippen LogP contribution in [0.1, 0.15) is 0 Å². The van der Waals surface area contributed by atoms with Crippen molar-refractivity contribution in [1.29, 1.82) is 0 Å². The molecule has 0 fully saturated rings. The Kier molecular flexibility index (Phi) is 3.56. The molecule has 0 saturated carbocycles. The van der Waals surface area contributed by atoms with Crippen molar-refractivity contribution < 1.29 is 9.53 Å². The highest BCUT2D eigenvalue weighted by molar-refractivity contribution is 6.01. The molecular formula is C20H14N2O2. The van der Waals surface area contributed by atoms with E-state index in [1.807, 2.05) is 66.7 Å². The number of rotatable bonds is 2. The third kappa shape index (κ3) is 2.65. The van der Waals surface area contributed by atoms with Crippen molar-refractivity contribution in [1.82, 2.24) is 4.98 Å². The Balaban J connectivity index is 1.62. The van der Waals surface area contributed by atoms with Crippen LogP contribution < -0.4 is 10.1 Å². The molecule has 0 aliphatic carbocycles. The highest BCUT2D eigenvalue weighted by Gasteiger charge is 2.10. The number of pyridine rings is 1. The maximum absolute atomic E-state index is 12.3. The first-order valence-corrected chi connectivity index (χ1v) is 7.61. The molecule has 4 rings (SSSR count). The number of aromatic nitrogens is 1. The topological polar surface area (TPSA) is 51.2 Å². The Morgan fingerprint density at radius 1 is 0.833 bits per heavy atom. The van der Waals surface area contributed by atoms with Crippen LogP contribution in [0, 0.1) is 0 Å². The minimum absolute atomic E-state index is 0.436. The fourth-order valence-electron chi connectivity index (χ4n) is 2.73. The van der Waals surface area contributed by atoms with Gasteiger partial charge in [-0.1, -0.05) is 54.6 Å². The van der Waals surface area contributed by atoms with E-state index in [0.29, 0.717) is 17.0 Å². The number of hydrogen-bond acceptors (Lipinski definition) is 3. The lowest BCUT2D eigenvalue weighted by Crippen LogP contribution is -2.17. The van der Waals surface area contributed by atoms with E-state index in [1.165, 1.54) is 0 Å². The summed E-state index contributed by atoms with van der Waals surface area (Å²) in [6.45, 7) is 0. The molecule has 0 spiro atoms. The smallest absolute Gasteiger partial charge is 0.408 e. The molecule has 0 aliphatic heterocycles. The normalized spacial score (nSPS) is 10.7. The lowest BCUT2D eigenvalue weighted by atomic mass is 10.1. The molecule has 0 bridgehead atoms. The Hall–Kier alpha value is -3.40. The first-order valence-electron chi connectivity index (χ1n) is 7.61. The number of amides is 1. The number of anilines is 1. The van der Waals surface area contributed by atoms with Gasteiger partial charge in [-0.3, -0.25) is 10.3 Å². The summed E-state index contributed by atoms with van der Waals surface area (Å²) in [6, 6.07) is 22.9. The molecule has 3 aromatic carbocycles. The van der Waals surface area contributed by atoms with Crippen LogP contribution in [0.4, 0.5) is 10.5 Å². The Labute approximate surface area is 138 Å². The van der Waals surface area contributed by atoms with E-state index < -0.39 is 6.09 Å². The molecule has 1 heterocycles. The number of para-hydroxylation sites is 1. The number of nitrogens with zero attached hydrogens (tertiary/aromatic N) is 1. The largest absolute Gasteiger partial charge is 0.417 e. The highest BCUT2D eigenvalue weighted by atomic mass is 16.6. The van der Waals surface area contributed by atoms with E-state index >= 15 is 0 Å². The van der Waals surface area contributed by atoms with Crippen molar-refractivity contribution in [2.24, 2.45) is 0 Å². The van der Waals surface area contributed by atoms with Crippen molar-refractivity contribution >= 4 is 33.5 Å². The van der Waals surface area contributed by atoms with Gasteiger partial charge in [0.15, 0.2) is 5.75 Å². The van der Waals surface area contributed by atoms with Gasteiger partial charge in [-0.25, -0.2) is 4.79 Å². The number of carbonyl (C=O) groups is 1. The molecule has 116 valence electrons. The third-order valence-corrected chi connectivity index (χ3v) is 3.82. The lowest BCUT2D eigenvalue weighted by Gasteiger charge is -2.10. The van der Waals surface area contributed by atoms with Crippen LogP contribution in [0.3, 0.4) is 0 Å². The second kappa shape index (κ2) is 6.01. The number of fused-ring (bicyclic) bond motifs is 2. The zero-order valence-electron chi connectivity index (χ0n) is 12.8. The van der Waals surface area contributed by atoms with Gasteiger partial charge in [0.1, 0.15) is 5.52 Å². The predicted octanol–water partition coefficient (Wildman–Crippen LogP) is 5.00. The Morgan fingerprint density at radius 3 is 2.54 bits per heavy atom. The maximum atomic E-state index is 12.3. The van der Waals surface area contributed by atoms with Gasteiger partial charge < -0.3 is 4.74 Å². The second-order valence-electron chi connectivity index (χ2n) is 5.37. The first kappa shape index (κ1) is 14.2. The van der Waals surface area contributed by atoms with Crippen molar-refractivity contribution in [2.75, 3.05) is 5.32 Å². The van der Waals surface area contributed by atoms with E-state index in [1.54, 1.807) is 12.3 Å². The highest BCUT2D eigenvalue weighted by Crippen LogP contribution is 2.25. The molecule has 4 nitrogen and oxygen atoms in total. The maximum Gasteiger partial charge on any atom is 0.417 e. The summed E-state index contributed by atoms with van der Waals surface area (Å²) in [7, 11) is 0. The molecule has 0 radical (unpaired) electrons. The Bertz CT molecular complexity index is 950. The molecule has 1 N–H and O–H groups in total. The molecule has 0 saturated heterocycles. The fraction of sp³-hybridized carbons (Fsp3) is 0. The van der Waals surface area contributed by atoms with Crippen molar-refractivity contribution in [3.05, 3.63) is 79.0 Å². The SMILES string of the molecule is O=C(Nc1cccc2ccccc12)Oc1cccc2cccnc12. The van der Waals surface area contributed by atoms with Crippen molar-refractivity contribution in [3.63, 3.8) is 0 Å². The van der Waals surface area contributed by atoms with Crippen molar-refractivity contribution in [3.8, 4) is 5.75 Å².